The zero-order chi connectivity index (χ0) is 20.8. The number of methoxy groups -OCH3 is 5. The second-order valence-electron chi connectivity index (χ2n) is 5.87. The molecule has 0 radical (unpaired) electrons. The molecule has 2 atom stereocenters. The van der Waals surface area contributed by atoms with Gasteiger partial charge in [-0.3, -0.25) is 0 Å². The smallest absolute Gasteiger partial charge is 0.203 e. The summed E-state index contributed by atoms with van der Waals surface area (Å²) in [7, 11) is 7.63. The van der Waals surface area contributed by atoms with Crippen LogP contribution in [-0.4, -0.2) is 46.8 Å². The SMILES string of the molecule is COc1cc(C(O)C(C)Oc2c(OC)cc(Br)cc2OC)cc(OC)c1OC. The maximum atomic E-state index is 10.9. The van der Waals surface area contributed by atoms with E-state index < -0.39 is 12.2 Å². The van der Waals surface area contributed by atoms with Crippen molar-refractivity contribution in [1.82, 2.24) is 0 Å². The van der Waals surface area contributed by atoms with Gasteiger partial charge in [0.1, 0.15) is 12.2 Å². The topological polar surface area (TPSA) is 75.6 Å². The average Bonchev–Trinajstić information content (AvgIpc) is 2.72. The summed E-state index contributed by atoms with van der Waals surface area (Å²) in [5.74, 6) is 2.70. The van der Waals surface area contributed by atoms with Gasteiger partial charge in [-0.05, 0) is 36.8 Å². The van der Waals surface area contributed by atoms with Gasteiger partial charge < -0.3 is 33.5 Å². The van der Waals surface area contributed by atoms with E-state index in [2.05, 4.69) is 15.9 Å². The van der Waals surface area contributed by atoms with Crippen molar-refractivity contribution in [2.45, 2.75) is 19.1 Å². The fraction of sp³-hybridized carbons (Fsp3) is 0.400. The highest BCUT2D eigenvalue weighted by Gasteiger charge is 2.25. The number of rotatable bonds is 9. The zero-order valence-electron chi connectivity index (χ0n) is 16.7. The van der Waals surface area contributed by atoms with Crippen LogP contribution in [0.25, 0.3) is 0 Å². The van der Waals surface area contributed by atoms with Crippen LogP contribution in [0.1, 0.15) is 18.6 Å². The molecule has 7 nitrogen and oxygen atoms in total. The lowest BCUT2D eigenvalue weighted by Gasteiger charge is -2.24. The quantitative estimate of drug-likeness (QED) is 0.610. The first-order valence-electron chi connectivity index (χ1n) is 8.46. The molecule has 2 unspecified atom stereocenters. The summed E-state index contributed by atoms with van der Waals surface area (Å²) in [6.07, 6.45) is -1.61. The van der Waals surface area contributed by atoms with Gasteiger partial charge >= 0.3 is 0 Å². The molecule has 1 N–H and O–H groups in total. The van der Waals surface area contributed by atoms with Crippen LogP contribution in [0.2, 0.25) is 0 Å². The van der Waals surface area contributed by atoms with Crippen molar-refractivity contribution < 1.29 is 33.5 Å². The van der Waals surface area contributed by atoms with Crippen LogP contribution in [0.4, 0.5) is 0 Å². The number of benzene rings is 2. The number of hydrogen-bond donors (Lipinski definition) is 1. The molecule has 0 aromatic heterocycles. The second kappa shape index (κ2) is 9.75. The third kappa shape index (κ3) is 4.56. The molecule has 0 aliphatic rings. The summed E-state index contributed by atoms with van der Waals surface area (Å²) >= 11 is 3.40. The van der Waals surface area contributed by atoms with Crippen LogP contribution in [0, 0.1) is 0 Å². The second-order valence-corrected chi connectivity index (χ2v) is 6.78. The Morgan fingerprint density at radius 2 is 1.14 bits per heavy atom. The highest BCUT2D eigenvalue weighted by atomic mass is 79.9. The summed E-state index contributed by atoms with van der Waals surface area (Å²) in [6.45, 7) is 1.74. The largest absolute Gasteiger partial charge is 0.493 e. The van der Waals surface area contributed by atoms with Crippen LogP contribution in [0.5, 0.6) is 34.5 Å². The normalized spacial score (nSPS) is 12.7. The predicted molar refractivity (Wildman–Crippen MR) is 108 cm³/mol. The van der Waals surface area contributed by atoms with E-state index in [4.69, 9.17) is 28.4 Å². The lowest BCUT2D eigenvalue weighted by Crippen LogP contribution is -2.22. The number of ether oxygens (including phenoxy) is 6. The molecule has 0 saturated carbocycles. The average molecular weight is 457 g/mol. The highest BCUT2D eigenvalue weighted by Crippen LogP contribution is 2.43. The van der Waals surface area contributed by atoms with Gasteiger partial charge in [-0.25, -0.2) is 0 Å². The van der Waals surface area contributed by atoms with E-state index in [9.17, 15) is 5.11 Å². The predicted octanol–water partition coefficient (Wildman–Crippen LogP) is 3.99. The lowest BCUT2D eigenvalue weighted by molar-refractivity contribution is 0.0431. The molecule has 2 aromatic carbocycles. The third-order valence-electron chi connectivity index (χ3n) is 4.20. The Kier molecular flexibility index (Phi) is 7.65. The van der Waals surface area contributed by atoms with Crippen LogP contribution in [-0.2, 0) is 0 Å². The van der Waals surface area contributed by atoms with Crippen molar-refractivity contribution in [1.29, 1.82) is 0 Å². The molecule has 0 bridgehead atoms. The molecule has 0 heterocycles. The fourth-order valence-corrected chi connectivity index (χ4v) is 3.17. The Labute approximate surface area is 173 Å². The van der Waals surface area contributed by atoms with Gasteiger partial charge in [0.25, 0.3) is 0 Å². The van der Waals surface area contributed by atoms with Crippen molar-refractivity contribution in [3.05, 3.63) is 34.3 Å². The Balaban J connectivity index is 2.37. The molecule has 8 heteroatoms. The zero-order valence-corrected chi connectivity index (χ0v) is 18.3. The van der Waals surface area contributed by atoms with E-state index in [1.54, 1.807) is 31.2 Å². The standard InChI is InChI=1S/C20H25BrO7/c1-11(28-20-16(25-4)9-13(21)10-17(20)26-5)18(22)12-7-14(23-2)19(27-6)15(8-12)24-3/h7-11,18,22H,1-6H3. The molecule has 2 rings (SSSR count). The first kappa shape index (κ1) is 22.0. The van der Waals surface area contributed by atoms with Gasteiger partial charge in [0.2, 0.25) is 11.5 Å². The minimum atomic E-state index is -0.980. The van der Waals surface area contributed by atoms with Gasteiger partial charge in [0.05, 0.1) is 35.5 Å². The van der Waals surface area contributed by atoms with E-state index in [1.165, 1.54) is 35.5 Å². The van der Waals surface area contributed by atoms with E-state index in [0.29, 0.717) is 40.1 Å². The number of hydrogen-bond acceptors (Lipinski definition) is 7. The Bertz CT molecular complexity index is 759. The molecular weight excluding hydrogens is 432 g/mol. The molecule has 0 fully saturated rings. The molecule has 0 amide bonds. The minimum absolute atomic E-state index is 0.396. The molecule has 0 saturated heterocycles. The van der Waals surface area contributed by atoms with Crippen molar-refractivity contribution in [2.24, 2.45) is 0 Å². The number of aliphatic hydroxyl groups is 1. The van der Waals surface area contributed by atoms with Crippen LogP contribution >= 0.6 is 15.9 Å². The summed E-state index contributed by atoms with van der Waals surface area (Å²) in [6, 6.07) is 6.89. The highest BCUT2D eigenvalue weighted by molar-refractivity contribution is 9.10. The Hall–Kier alpha value is -2.32. The summed E-state index contributed by atoms with van der Waals surface area (Å²) in [4.78, 5) is 0. The van der Waals surface area contributed by atoms with Crippen LogP contribution in [0.15, 0.2) is 28.7 Å². The maximum Gasteiger partial charge on any atom is 0.203 e. The Morgan fingerprint density at radius 1 is 0.714 bits per heavy atom. The van der Waals surface area contributed by atoms with Gasteiger partial charge in [-0.2, -0.15) is 0 Å². The molecule has 0 spiro atoms. The van der Waals surface area contributed by atoms with Gasteiger partial charge in [0.15, 0.2) is 23.0 Å². The molecular formula is C20H25BrO7. The van der Waals surface area contributed by atoms with Crippen LogP contribution < -0.4 is 28.4 Å². The fourth-order valence-electron chi connectivity index (χ4n) is 2.76. The molecule has 0 aliphatic carbocycles. The first-order valence-corrected chi connectivity index (χ1v) is 9.25. The van der Waals surface area contributed by atoms with Gasteiger partial charge in [-0.1, -0.05) is 15.9 Å². The summed E-state index contributed by atoms with van der Waals surface area (Å²) in [5, 5.41) is 10.9. The van der Waals surface area contributed by atoms with Gasteiger partial charge in [-0.15, -0.1) is 0 Å². The summed E-state index contributed by atoms with van der Waals surface area (Å²) in [5.41, 5.74) is 0.553. The van der Waals surface area contributed by atoms with E-state index >= 15 is 0 Å². The molecule has 0 aliphatic heterocycles. The summed E-state index contributed by atoms with van der Waals surface area (Å²) < 4.78 is 33.6. The maximum absolute atomic E-state index is 10.9. The van der Waals surface area contributed by atoms with E-state index in [0.717, 1.165) is 4.47 Å². The molecule has 154 valence electrons. The monoisotopic (exact) mass is 456 g/mol. The van der Waals surface area contributed by atoms with Crippen LogP contribution in [0.3, 0.4) is 0 Å². The van der Waals surface area contributed by atoms with Crippen molar-refractivity contribution in [3.63, 3.8) is 0 Å². The minimum Gasteiger partial charge on any atom is -0.493 e. The van der Waals surface area contributed by atoms with Crippen molar-refractivity contribution >= 4 is 15.9 Å². The van der Waals surface area contributed by atoms with Crippen molar-refractivity contribution in [3.8, 4) is 34.5 Å². The van der Waals surface area contributed by atoms with E-state index in [-0.39, 0.29) is 0 Å². The molecule has 2 aromatic rings. The Morgan fingerprint density at radius 3 is 1.54 bits per heavy atom. The lowest BCUT2D eigenvalue weighted by atomic mass is 10.0. The first-order chi connectivity index (χ1) is 13.4. The molecule has 28 heavy (non-hydrogen) atoms. The van der Waals surface area contributed by atoms with Gasteiger partial charge in [0, 0.05) is 4.47 Å². The van der Waals surface area contributed by atoms with E-state index in [1.807, 2.05) is 0 Å². The number of halogens is 1. The van der Waals surface area contributed by atoms with Crippen molar-refractivity contribution in [2.75, 3.05) is 35.5 Å². The number of aliphatic hydroxyl groups excluding tert-OH is 1. The third-order valence-corrected chi connectivity index (χ3v) is 4.66.